The lowest BCUT2D eigenvalue weighted by Gasteiger charge is -2.06. The van der Waals surface area contributed by atoms with Gasteiger partial charge in [0.25, 0.3) is 0 Å². The summed E-state index contributed by atoms with van der Waals surface area (Å²) >= 11 is 0. The van der Waals surface area contributed by atoms with Gasteiger partial charge in [0.15, 0.2) is 0 Å². The largest absolute Gasteiger partial charge is 0.497 e. The number of carbonyl (C=O) groups is 1. The van der Waals surface area contributed by atoms with Gasteiger partial charge in [0.2, 0.25) is 5.91 Å². The third-order valence-electron chi connectivity index (χ3n) is 3.72. The van der Waals surface area contributed by atoms with Crippen molar-refractivity contribution in [2.45, 2.75) is 32.1 Å². The SMILES string of the molecule is COc1ccc(CCCNC(=O)CCCc2cccnc2)cc1. The van der Waals surface area contributed by atoms with E-state index in [1.807, 2.05) is 30.5 Å². The number of aromatic nitrogens is 1. The number of hydrogen-bond acceptors (Lipinski definition) is 3. The van der Waals surface area contributed by atoms with Crippen LogP contribution in [0.25, 0.3) is 0 Å². The second-order valence-corrected chi connectivity index (χ2v) is 5.52. The fourth-order valence-electron chi connectivity index (χ4n) is 2.40. The normalized spacial score (nSPS) is 10.3. The van der Waals surface area contributed by atoms with Gasteiger partial charge in [0, 0.05) is 25.4 Å². The summed E-state index contributed by atoms with van der Waals surface area (Å²) in [5.74, 6) is 0.999. The summed E-state index contributed by atoms with van der Waals surface area (Å²) in [4.78, 5) is 15.9. The molecule has 0 aliphatic carbocycles. The molecule has 0 aliphatic heterocycles. The fourth-order valence-corrected chi connectivity index (χ4v) is 2.40. The Kier molecular flexibility index (Phi) is 7.11. The smallest absolute Gasteiger partial charge is 0.220 e. The van der Waals surface area contributed by atoms with E-state index >= 15 is 0 Å². The predicted octanol–water partition coefficient (Wildman–Crippen LogP) is 3.16. The van der Waals surface area contributed by atoms with Crippen molar-refractivity contribution in [3.8, 4) is 5.75 Å². The molecule has 0 bridgehead atoms. The van der Waals surface area contributed by atoms with Crippen molar-refractivity contribution in [1.82, 2.24) is 10.3 Å². The van der Waals surface area contributed by atoms with Crippen LogP contribution in [0.3, 0.4) is 0 Å². The second-order valence-electron chi connectivity index (χ2n) is 5.52. The fraction of sp³-hybridized carbons (Fsp3) is 0.368. The van der Waals surface area contributed by atoms with Gasteiger partial charge in [0.1, 0.15) is 5.75 Å². The number of methoxy groups -OCH3 is 1. The van der Waals surface area contributed by atoms with Gasteiger partial charge in [-0.2, -0.15) is 0 Å². The van der Waals surface area contributed by atoms with Gasteiger partial charge < -0.3 is 10.1 Å². The van der Waals surface area contributed by atoms with E-state index in [9.17, 15) is 4.79 Å². The number of aryl methyl sites for hydroxylation is 2. The van der Waals surface area contributed by atoms with E-state index in [2.05, 4.69) is 22.4 Å². The van der Waals surface area contributed by atoms with Crippen molar-refractivity contribution in [1.29, 1.82) is 0 Å². The lowest BCUT2D eigenvalue weighted by Crippen LogP contribution is -2.24. The molecule has 0 fully saturated rings. The highest BCUT2D eigenvalue weighted by Crippen LogP contribution is 2.12. The predicted molar refractivity (Wildman–Crippen MR) is 91.5 cm³/mol. The van der Waals surface area contributed by atoms with Crippen molar-refractivity contribution in [3.63, 3.8) is 0 Å². The summed E-state index contributed by atoms with van der Waals surface area (Å²) in [6.07, 6.45) is 7.84. The third-order valence-corrected chi connectivity index (χ3v) is 3.72. The number of nitrogens with zero attached hydrogens (tertiary/aromatic N) is 1. The highest BCUT2D eigenvalue weighted by atomic mass is 16.5. The van der Waals surface area contributed by atoms with E-state index in [1.54, 1.807) is 13.3 Å². The highest BCUT2D eigenvalue weighted by Gasteiger charge is 2.02. The topological polar surface area (TPSA) is 51.2 Å². The summed E-state index contributed by atoms with van der Waals surface area (Å²) in [5, 5.41) is 2.98. The van der Waals surface area contributed by atoms with Crippen LogP contribution < -0.4 is 10.1 Å². The first-order valence-electron chi connectivity index (χ1n) is 8.06. The molecule has 4 heteroatoms. The Bertz CT molecular complexity index is 582. The van der Waals surface area contributed by atoms with Crippen molar-refractivity contribution < 1.29 is 9.53 Å². The zero-order valence-electron chi connectivity index (χ0n) is 13.6. The van der Waals surface area contributed by atoms with Gasteiger partial charge >= 0.3 is 0 Å². The number of hydrogen-bond donors (Lipinski definition) is 1. The molecule has 1 aromatic heterocycles. The van der Waals surface area contributed by atoms with Crippen molar-refractivity contribution >= 4 is 5.91 Å². The van der Waals surface area contributed by atoms with Crippen LogP contribution in [0, 0.1) is 0 Å². The van der Waals surface area contributed by atoms with Crippen molar-refractivity contribution in [2.75, 3.05) is 13.7 Å². The summed E-state index contributed by atoms with van der Waals surface area (Å²) < 4.78 is 5.13. The molecule has 0 spiro atoms. The van der Waals surface area contributed by atoms with Gasteiger partial charge in [-0.15, -0.1) is 0 Å². The molecule has 1 N–H and O–H groups in total. The minimum absolute atomic E-state index is 0.128. The molecule has 23 heavy (non-hydrogen) atoms. The zero-order chi connectivity index (χ0) is 16.3. The zero-order valence-corrected chi connectivity index (χ0v) is 13.6. The Hall–Kier alpha value is -2.36. The molecule has 0 aliphatic rings. The number of amides is 1. The Balaban J connectivity index is 1.55. The second kappa shape index (κ2) is 9.62. The number of ether oxygens (including phenoxy) is 1. The molecular formula is C19H24N2O2. The monoisotopic (exact) mass is 312 g/mol. The number of benzene rings is 1. The standard InChI is InChI=1S/C19H24N2O2/c1-23-18-11-9-16(10-12-18)6-4-14-21-19(22)8-2-5-17-7-3-13-20-15-17/h3,7,9-13,15H,2,4-6,8,14H2,1H3,(H,21,22). The Labute approximate surface area is 137 Å². The Morgan fingerprint density at radius 2 is 1.87 bits per heavy atom. The number of nitrogens with one attached hydrogen (secondary N) is 1. The summed E-state index contributed by atoms with van der Waals surface area (Å²) in [6, 6.07) is 12.0. The average molecular weight is 312 g/mol. The van der Waals surface area contributed by atoms with Crippen LogP contribution in [0.1, 0.15) is 30.4 Å². The van der Waals surface area contributed by atoms with E-state index in [0.29, 0.717) is 6.42 Å². The van der Waals surface area contributed by atoms with E-state index in [0.717, 1.165) is 38.0 Å². The first-order valence-corrected chi connectivity index (χ1v) is 8.06. The Morgan fingerprint density at radius 1 is 1.09 bits per heavy atom. The number of pyridine rings is 1. The molecule has 2 rings (SSSR count). The van der Waals surface area contributed by atoms with Gasteiger partial charge in [-0.05, 0) is 55.0 Å². The number of rotatable bonds is 9. The lowest BCUT2D eigenvalue weighted by molar-refractivity contribution is -0.121. The molecule has 0 radical (unpaired) electrons. The van der Waals surface area contributed by atoms with E-state index in [1.165, 1.54) is 11.1 Å². The minimum Gasteiger partial charge on any atom is -0.497 e. The molecule has 2 aromatic rings. The van der Waals surface area contributed by atoms with Crippen LogP contribution in [0.5, 0.6) is 5.75 Å². The van der Waals surface area contributed by atoms with E-state index in [4.69, 9.17) is 4.74 Å². The van der Waals surface area contributed by atoms with Crippen LogP contribution in [0.2, 0.25) is 0 Å². The summed E-state index contributed by atoms with van der Waals surface area (Å²) in [7, 11) is 1.67. The average Bonchev–Trinajstić information content (AvgIpc) is 2.60. The van der Waals surface area contributed by atoms with Crippen molar-refractivity contribution in [3.05, 3.63) is 59.9 Å². The molecule has 1 heterocycles. The third kappa shape index (κ3) is 6.51. The minimum atomic E-state index is 0.128. The maximum atomic E-state index is 11.8. The van der Waals surface area contributed by atoms with E-state index in [-0.39, 0.29) is 5.91 Å². The quantitative estimate of drug-likeness (QED) is 0.724. The van der Waals surface area contributed by atoms with Gasteiger partial charge in [-0.1, -0.05) is 18.2 Å². The molecule has 1 aromatic carbocycles. The van der Waals surface area contributed by atoms with Crippen LogP contribution in [0.15, 0.2) is 48.8 Å². The molecule has 0 unspecified atom stereocenters. The molecule has 1 amide bonds. The van der Waals surface area contributed by atoms with Crippen LogP contribution >= 0.6 is 0 Å². The molecule has 0 atom stereocenters. The summed E-state index contributed by atoms with van der Waals surface area (Å²) in [5.41, 5.74) is 2.44. The van der Waals surface area contributed by atoms with Gasteiger partial charge in [-0.3, -0.25) is 9.78 Å². The molecular weight excluding hydrogens is 288 g/mol. The number of carbonyl (C=O) groups excluding carboxylic acids is 1. The molecule has 0 saturated carbocycles. The van der Waals surface area contributed by atoms with E-state index < -0.39 is 0 Å². The summed E-state index contributed by atoms with van der Waals surface area (Å²) in [6.45, 7) is 0.720. The maximum absolute atomic E-state index is 11.8. The molecule has 4 nitrogen and oxygen atoms in total. The Morgan fingerprint density at radius 3 is 2.57 bits per heavy atom. The molecule has 122 valence electrons. The maximum Gasteiger partial charge on any atom is 0.220 e. The molecule has 0 saturated heterocycles. The van der Waals surface area contributed by atoms with Gasteiger partial charge in [0.05, 0.1) is 7.11 Å². The van der Waals surface area contributed by atoms with Crippen LogP contribution in [-0.4, -0.2) is 24.5 Å². The first-order chi connectivity index (χ1) is 11.3. The van der Waals surface area contributed by atoms with Gasteiger partial charge in [-0.25, -0.2) is 0 Å². The lowest BCUT2D eigenvalue weighted by atomic mass is 10.1. The van der Waals surface area contributed by atoms with Crippen LogP contribution in [-0.2, 0) is 17.6 Å². The highest BCUT2D eigenvalue weighted by molar-refractivity contribution is 5.75. The van der Waals surface area contributed by atoms with Crippen molar-refractivity contribution in [2.24, 2.45) is 0 Å². The first kappa shape index (κ1) is 17.0. The van der Waals surface area contributed by atoms with Crippen LogP contribution in [0.4, 0.5) is 0 Å².